The summed E-state index contributed by atoms with van der Waals surface area (Å²) in [5.41, 5.74) is 2.65. The van der Waals surface area contributed by atoms with Gasteiger partial charge in [0.1, 0.15) is 5.82 Å². The summed E-state index contributed by atoms with van der Waals surface area (Å²) >= 11 is 1.25. The molecule has 0 saturated heterocycles. The van der Waals surface area contributed by atoms with E-state index >= 15 is 0 Å². The second-order valence-electron chi connectivity index (χ2n) is 7.13. The molecule has 7 heteroatoms. The van der Waals surface area contributed by atoms with Gasteiger partial charge in [-0.2, -0.15) is 13.2 Å². The number of benzene rings is 3. The molecule has 0 aliphatic rings. The van der Waals surface area contributed by atoms with E-state index in [1.807, 2.05) is 66.1 Å². The molecule has 1 aromatic heterocycles. The van der Waals surface area contributed by atoms with Crippen molar-refractivity contribution in [3.05, 3.63) is 107 Å². The molecule has 4 aromatic rings. The van der Waals surface area contributed by atoms with Crippen molar-refractivity contribution in [3.63, 3.8) is 0 Å². The van der Waals surface area contributed by atoms with E-state index in [2.05, 4.69) is 10.2 Å². The summed E-state index contributed by atoms with van der Waals surface area (Å²) in [6.45, 7) is 2.00. The standard InChI is InChI=1S/C24H20F3N3S/c1-17-9-5-8-14-21(17)30-22(15-18-10-3-2-4-11-18)28-29-23(30)31-16-19-12-6-7-13-20(19)24(25,26)27/h2-14H,15-16H2,1H3. The number of hydrogen-bond acceptors (Lipinski definition) is 3. The molecule has 1 heterocycles. The van der Waals surface area contributed by atoms with Gasteiger partial charge in [-0.1, -0.05) is 78.5 Å². The average Bonchev–Trinajstić information content (AvgIpc) is 3.15. The molecule has 158 valence electrons. The molecule has 0 atom stereocenters. The fourth-order valence-electron chi connectivity index (χ4n) is 3.41. The molecular formula is C24H20F3N3S. The van der Waals surface area contributed by atoms with Gasteiger partial charge in [0.05, 0.1) is 11.3 Å². The van der Waals surface area contributed by atoms with Crippen LogP contribution in [0.15, 0.2) is 84.0 Å². The molecule has 0 radical (unpaired) electrons. The smallest absolute Gasteiger partial charge is 0.273 e. The van der Waals surface area contributed by atoms with E-state index in [0.29, 0.717) is 11.6 Å². The highest BCUT2D eigenvalue weighted by Crippen LogP contribution is 2.35. The first-order valence-corrected chi connectivity index (χ1v) is 10.7. The van der Waals surface area contributed by atoms with Crippen LogP contribution in [0.25, 0.3) is 5.69 Å². The van der Waals surface area contributed by atoms with E-state index in [9.17, 15) is 13.2 Å². The maximum absolute atomic E-state index is 13.4. The molecular weight excluding hydrogens is 419 g/mol. The monoisotopic (exact) mass is 439 g/mol. The van der Waals surface area contributed by atoms with Crippen LogP contribution in [0, 0.1) is 6.92 Å². The number of hydrogen-bond donors (Lipinski definition) is 0. The number of thioether (sulfide) groups is 1. The molecule has 0 bridgehead atoms. The molecule has 0 saturated carbocycles. The van der Waals surface area contributed by atoms with Crippen LogP contribution in [0.1, 0.15) is 28.1 Å². The van der Waals surface area contributed by atoms with Crippen molar-refractivity contribution in [2.45, 2.75) is 30.4 Å². The number of nitrogens with zero attached hydrogens (tertiary/aromatic N) is 3. The molecule has 31 heavy (non-hydrogen) atoms. The average molecular weight is 440 g/mol. The van der Waals surface area contributed by atoms with Crippen molar-refractivity contribution in [1.82, 2.24) is 14.8 Å². The molecule has 3 aromatic carbocycles. The number of para-hydroxylation sites is 1. The Balaban J connectivity index is 1.70. The topological polar surface area (TPSA) is 30.7 Å². The summed E-state index contributed by atoms with van der Waals surface area (Å²) < 4.78 is 42.1. The minimum Gasteiger partial charge on any atom is -0.273 e. The van der Waals surface area contributed by atoms with Crippen LogP contribution < -0.4 is 0 Å². The van der Waals surface area contributed by atoms with Gasteiger partial charge in [0.15, 0.2) is 5.16 Å². The van der Waals surface area contributed by atoms with Crippen molar-refractivity contribution in [3.8, 4) is 5.69 Å². The molecule has 0 aliphatic carbocycles. The van der Waals surface area contributed by atoms with Crippen LogP contribution in [0.3, 0.4) is 0 Å². The van der Waals surface area contributed by atoms with Gasteiger partial charge in [0, 0.05) is 12.2 Å². The molecule has 0 unspecified atom stereocenters. The Morgan fingerprint density at radius 3 is 2.26 bits per heavy atom. The maximum atomic E-state index is 13.4. The summed E-state index contributed by atoms with van der Waals surface area (Å²) in [7, 11) is 0. The van der Waals surface area contributed by atoms with Crippen molar-refractivity contribution in [2.75, 3.05) is 0 Å². The Bertz CT molecular complexity index is 1170. The third kappa shape index (κ3) is 4.82. The second-order valence-corrected chi connectivity index (χ2v) is 8.07. The highest BCUT2D eigenvalue weighted by molar-refractivity contribution is 7.98. The minimum atomic E-state index is -4.39. The molecule has 0 aliphatic heterocycles. The van der Waals surface area contributed by atoms with Gasteiger partial charge in [-0.25, -0.2) is 0 Å². The minimum absolute atomic E-state index is 0.144. The Morgan fingerprint density at radius 2 is 1.52 bits per heavy atom. The normalized spacial score (nSPS) is 11.6. The lowest BCUT2D eigenvalue weighted by Crippen LogP contribution is -2.09. The summed E-state index contributed by atoms with van der Waals surface area (Å²) in [4.78, 5) is 0. The number of halogens is 3. The first-order valence-electron chi connectivity index (χ1n) is 9.75. The number of aromatic nitrogens is 3. The van der Waals surface area contributed by atoms with Gasteiger partial charge < -0.3 is 0 Å². The first kappa shape index (κ1) is 21.2. The molecule has 0 fully saturated rings. The molecule has 3 nitrogen and oxygen atoms in total. The van der Waals surface area contributed by atoms with E-state index in [-0.39, 0.29) is 11.3 Å². The SMILES string of the molecule is Cc1ccccc1-n1c(Cc2ccccc2)nnc1SCc1ccccc1C(F)(F)F. The predicted molar refractivity (Wildman–Crippen MR) is 116 cm³/mol. The number of alkyl halides is 3. The zero-order valence-corrected chi connectivity index (χ0v) is 17.6. The lowest BCUT2D eigenvalue weighted by atomic mass is 10.1. The van der Waals surface area contributed by atoms with Crippen LogP contribution in [0.4, 0.5) is 13.2 Å². The van der Waals surface area contributed by atoms with Gasteiger partial charge in [-0.05, 0) is 35.7 Å². The Hall–Kier alpha value is -3.06. The second kappa shape index (κ2) is 8.98. The van der Waals surface area contributed by atoms with Gasteiger partial charge >= 0.3 is 6.18 Å². The van der Waals surface area contributed by atoms with Crippen LogP contribution in [-0.4, -0.2) is 14.8 Å². The highest BCUT2D eigenvalue weighted by atomic mass is 32.2. The summed E-state index contributed by atoms with van der Waals surface area (Å²) in [5.74, 6) is 0.887. The van der Waals surface area contributed by atoms with Crippen molar-refractivity contribution >= 4 is 11.8 Å². The lowest BCUT2D eigenvalue weighted by Gasteiger charge is -2.14. The van der Waals surface area contributed by atoms with E-state index in [1.54, 1.807) is 6.07 Å². The molecule has 0 spiro atoms. The predicted octanol–water partition coefficient (Wildman–Crippen LogP) is 6.48. The number of rotatable bonds is 6. The van der Waals surface area contributed by atoms with Crippen LogP contribution in [0.2, 0.25) is 0 Å². The van der Waals surface area contributed by atoms with E-state index < -0.39 is 11.7 Å². The van der Waals surface area contributed by atoms with Gasteiger partial charge in [-0.15, -0.1) is 10.2 Å². The summed E-state index contributed by atoms with van der Waals surface area (Å²) in [5, 5.41) is 9.28. The summed E-state index contributed by atoms with van der Waals surface area (Å²) in [6.07, 6.45) is -3.82. The van der Waals surface area contributed by atoms with Crippen molar-refractivity contribution in [2.24, 2.45) is 0 Å². The van der Waals surface area contributed by atoms with E-state index in [1.165, 1.54) is 23.9 Å². The Kier molecular flexibility index (Phi) is 6.13. The molecule has 0 amide bonds. The summed E-state index contributed by atoms with van der Waals surface area (Å²) in [6, 6.07) is 23.4. The Labute approximate surface area is 183 Å². The van der Waals surface area contributed by atoms with Crippen LogP contribution >= 0.6 is 11.8 Å². The third-order valence-electron chi connectivity index (χ3n) is 4.94. The highest BCUT2D eigenvalue weighted by Gasteiger charge is 2.33. The van der Waals surface area contributed by atoms with Crippen molar-refractivity contribution < 1.29 is 13.2 Å². The van der Waals surface area contributed by atoms with Gasteiger partial charge in [0.25, 0.3) is 0 Å². The Morgan fingerprint density at radius 1 is 0.839 bits per heavy atom. The van der Waals surface area contributed by atoms with E-state index in [4.69, 9.17) is 0 Å². The van der Waals surface area contributed by atoms with Crippen LogP contribution in [0.5, 0.6) is 0 Å². The largest absolute Gasteiger partial charge is 0.416 e. The quantitative estimate of drug-likeness (QED) is 0.322. The van der Waals surface area contributed by atoms with Crippen LogP contribution in [-0.2, 0) is 18.3 Å². The molecule has 4 rings (SSSR count). The maximum Gasteiger partial charge on any atom is 0.416 e. The van der Waals surface area contributed by atoms with Crippen molar-refractivity contribution in [1.29, 1.82) is 0 Å². The van der Waals surface area contributed by atoms with E-state index in [0.717, 1.165) is 28.7 Å². The fraction of sp³-hybridized carbons (Fsp3) is 0.167. The zero-order valence-electron chi connectivity index (χ0n) is 16.8. The lowest BCUT2D eigenvalue weighted by molar-refractivity contribution is -0.138. The van der Waals surface area contributed by atoms with Gasteiger partial charge in [-0.3, -0.25) is 4.57 Å². The molecule has 0 N–H and O–H groups in total. The fourth-order valence-corrected chi connectivity index (χ4v) is 4.38. The third-order valence-corrected chi connectivity index (χ3v) is 5.92. The zero-order chi connectivity index (χ0) is 21.8. The van der Waals surface area contributed by atoms with Gasteiger partial charge in [0.2, 0.25) is 0 Å². The first-order chi connectivity index (χ1) is 14.9. The number of aryl methyl sites for hydroxylation is 1.